The lowest BCUT2D eigenvalue weighted by atomic mass is 10.2. The second kappa shape index (κ2) is 8.50. The molecule has 0 bridgehead atoms. The van der Waals surface area contributed by atoms with Gasteiger partial charge in [0.2, 0.25) is 0 Å². The van der Waals surface area contributed by atoms with E-state index in [1.165, 1.54) is 0 Å². The number of nitrogens with zero attached hydrogens (tertiary/aromatic N) is 4. The minimum Gasteiger partial charge on any atom is -0.542 e. The molecule has 24 heavy (non-hydrogen) atoms. The van der Waals surface area contributed by atoms with Crippen molar-refractivity contribution >= 4 is 11.9 Å². The van der Waals surface area contributed by atoms with Crippen LogP contribution >= 0.6 is 0 Å². The Hall–Kier alpha value is -3.11. The molecule has 0 unspecified atom stereocenters. The third kappa shape index (κ3) is 6.77. The number of hydrogen-bond donors (Lipinski definition) is 1. The average Bonchev–Trinajstić information content (AvgIpc) is 2.54. The van der Waals surface area contributed by atoms with Gasteiger partial charge in [0.1, 0.15) is 18.6 Å². The number of aromatic nitrogens is 4. The molecule has 0 aliphatic heterocycles. The maximum absolute atomic E-state index is 10.5. The van der Waals surface area contributed by atoms with Crippen LogP contribution < -0.4 is 9.79 Å². The molecular formula is C13H11F3N4O4. The maximum atomic E-state index is 10.5. The monoisotopic (exact) mass is 344 g/mol. The highest BCUT2D eigenvalue weighted by atomic mass is 19.4. The highest BCUT2D eigenvalue weighted by Gasteiger charge is 2.28. The van der Waals surface area contributed by atoms with Crippen LogP contribution in [0.15, 0.2) is 37.1 Å². The van der Waals surface area contributed by atoms with Crippen LogP contribution in [-0.2, 0) is 16.1 Å². The number of carboxylic acid groups (broad SMARTS) is 2. The molecule has 0 aliphatic rings. The van der Waals surface area contributed by atoms with E-state index in [0.717, 1.165) is 11.3 Å². The fourth-order valence-electron chi connectivity index (χ4n) is 1.33. The van der Waals surface area contributed by atoms with Crippen LogP contribution in [0.3, 0.4) is 0 Å². The smallest absolute Gasteiger partial charge is 0.430 e. The van der Waals surface area contributed by atoms with E-state index < -0.39 is 18.1 Å². The van der Waals surface area contributed by atoms with Crippen molar-refractivity contribution in [2.75, 3.05) is 0 Å². The first-order valence-corrected chi connectivity index (χ1v) is 6.32. The van der Waals surface area contributed by atoms with Crippen molar-refractivity contribution in [1.82, 2.24) is 15.1 Å². The molecule has 0 aromatic carbocycles. The summed E-state index contributed by atoms with van der Waals surface area (Å²) in [5.41, 5.74) is 1.59. The van der Waals surface area contributed by atoms with Crippen LogP contribution in [0, 0.1) is 0 Å². The van der Waals surface area contributed by atoms with Crippen molar-refractivity contribution in [1.29, 1.82) is 0 Å². The van der Waals surface area contributed by atoms with E-state index in [1.54, 1.807) is 35.7 Å². The lowest BCUT2D eigenvalue weighted by Gasteiger charge is -2.03. The molecule has 0 radical (unpaired) electrons. The lowest BCUT2D eigenvalue weighted by Crippen LogP contribution is -2.38. The van der Waals surface area contributed by atoms with Gasteiger partial charge in [0.25, 0.3) is 0 Å². The van der Waals surface area contributed by atoms with E-state index in [9.17, 15) is 18.0 Å². The third-order valence-electron chi connectivity index (χ3n) is 2.42. The van der Waals surface area contributed by atoms with E-state index >= 15 is 0 Å². The molecule has 0 amide bonds. The quantitative estimate of drug-likeness (QED) is 0.749. The van der Waals surface area contributed by atoms with Crippen molar-refractivity contribution in [3.8, 4) is 11.3 Å². The Kier molecular flexibility index (Phi) is 6.71. The molecule has 2 aromatic rings. The Morgan fingerprint density at radius 3 is 2.33 bits per heavy atom. The van der Waals surface area contributed by atoms with Crippen molar-refractivity contribution in [2.24, 2.45) is 0 Å². The van der Waals surface area contributed by atoms with Crippen LogP contribution in [0.1, 0.15) is 6.42 Å². The minimum absolute atomic E-state index is 0.0577. The molecule has 11 heteroatoms. The number of carbonyl (C=O) groups excluding carboxylic acids is 1. The van der Waals surface area contributed by atoms with Gasteiger partial charge in [-0.2, -0.15) is 13.2 Å². The van der Waals surface area contributed by atoms with Gasteiger partial charge in [-0.1, -0.05) is 4.68 Å². The van der Waals surface area contributed by atoms with Gasteiger partial charge in [0.05, 0.1) is 11.9 Å². The van der Waals surface area contributed by atoms with E-state index in [-0.39, 0.29) is 6.42 Å². The Bertz CT molecular complexity index is 678. The van der Waals surface area contributed by atoms with Crippen molar-refractivity contribution in [2.45, 2.75) is 19.1 Å². The molecule has 0 saturated heterocycles. The summed E-state index contributed by atoms with van der Waals surface area (Å²) in [4.78, 5) is 27.3. The van der Waals surface area contributed by atoms with E-state index in [4.69, 9.17) is 15.0 Å². The van der Waals surface area contributed by atoms with Crippen LogP contribution in [-0.4, -0.2) is 38.3 Å². The zero-order valence-corrected chi connectivity index (χ0v) is 12.0. The summed E-state index contributed by atoms with van der Waals surface area (Å²) in [6, 6.07) is 1.83. The Morgan fingerprint density at radius 1 is 1.25 bits per heavy atom. The van der Waals surface area contributed by atoms with E-state index in [1.807, 2.05) is 6.07 Å². The van der Waals surface area contributed by atoms with E-state index in [0.29, 0.717) is 6.54 Å². The second-order valence-electron chi connectivity index (χ2n) is 4.20. The molecule has 1 N–H and O–H groups in total. The number of carbonyl (C=O) groups is 2. The Balaban J connectivity index is 0.000000351. The number of carboxylic acids is 2. The molecule has 2 aromatic heterocycles. The number of hydrogen-bond acceptors (Lipinski definition) is 6. The summed E-state index contributed by atoms with van der Waals surface area (Å²) in [5, 5.41) is 21.4. The van der Waals surface area contributed by atoms with Crippen LogP contribution in [0.25, 0.3) is 11.3 Å². The number of halogens is 3. The van der Waals surface area contributed by atoms with Gasteiger partial charge >= 0.3 is 12.1 Å². The van der Waals surface area contributed by atoms with Crippen LogP contribution in [0.4, 0.5) is 13.2 Å². The summed E-state index contributed by atoms with van der Waals surface area (Å²) >= 11 is 0. The Labute approximate surface area is 133 Å². The number of alkyl halides is 3. The van der Waals surface area contributed by atoms with Gasteiger partial charge in [0.15, 0.2) is 12.7 Å². The molecule has 8 nitrogen and oxygen atoms in total. The first-order chi connectivity index (χ1) is 11.2. The summed E-state index contributed by atoms with van der Waals surface area (Å²) in [7, 11) is 0. The third-order valence-corrected chi connectivity index (χ3v) is 2.42. The highest BCUT2D eigenvalue weighted by Crippen LogP contribution is 2.12. The standard InChI is InChI=1S/C11H10N4O2.C2HF3O2/c16-11(17)2-6-15-5-1-9(7-14-15)10-8-12-3-4-13-10;3-2(4,5)1(6)7/h1,3-5,7-8H,2,6H2;(H,6,7). The highest BCUT2D eigenvalue weighted by molar-refractivity contribution is 5.70. The molecular weight excluding hydrogens is 333 g/mol. The van der Waals surface area contributed by atoms with Crippen molar-refractivity contribution in [3.05, 3.63) is 37.1 Å². The van der Waals surface area contributed by atoms with Gasteiger partial charge in [-0.3, -0.25) is 14.8 Å². The fourth-order valence-corrected chi connectivity index (χ4v) is 1.33. The molecule has 2 rings (SSSR count). The van der Waals surface area contributed by atoms with Crippen molar-refractivity contribution in [3.63, 3.8) is 0 Å². The molecule has 0 spiro atoms. The molecule has 2 heterocycles. The fraction of sp³-hybridized carbons (Fsp3) is 0.231. The summed E-state index contributed by atoms with van der Waals surface area (Å²) < 4.78 is 33.1. The lowest BCUT2D eigenvalue weighted by molar-refractivity contribution is -0.752. The number of aryl methyl sites for hydroxylation is 1. The van der Waals surface area contributed by atoms with Crippen LogP contribution in [0.2, 0.25) is 0 Å². The predicted octanol–water partition coefficient (Wildman–Crippen LogP) is -0.401. The van der Waals surface area contributed by atoms with Crippen LogP contribution in [0.5, 0.6) is 0 Å². The largest absolute Gasteiger partial charge is 0.542 e. The average molecular weight is 344 g/mol. The first kappa shape index (κ1) is 18.9. The van der Waals surface area contributed by atoms with E-state index in [2.05, 4.69) is 15.1 Å². The molecule has 0 atom stereocenters. The van der Waals surface area contributed by atoms with Crippen molar-refractivity contribution < 1.29 is 37.7 Å². The number of rotatable bonds is 4. The van der Waals surface area contributed by atoms with Gasteiger partial charge in [-0.05, 0) is 5.10 Å². The topological polar surface area (TPSA) is 120 Å². The summed E-state index contributed by atoms with van der Waals surface area (Å²) in [5.74, 6) is -3.84. The normalized spacial score (nSPS) is 10.5. The minimum atomic E-state index is -5.19. The SMILES string of the molecule is O=C(O)CC[n+]1ccc(-c2cnccn2)cn1.O=C([O-])C(F)(F)F. The zero-order chi connectivity index (χ0) is 18.2. The predicted molar refractivity (Wildman–Crippen MR) is 68.8 cm³/mol. The second-order valence-corrected chi connectivity index (χ2v) is 4.20. The molecule has 0 fully saturated rings. The van der Waals surface area contributed by atoms with Gasteiger partial charge < -0.3 is 15.0 Å². The summed E-state index contributed by atoms with van der Waals surface area (Å²) in [6.07, 6.45) is 3.10. The number of aliphatic carboxylic acids is 2. The van der Waals surface area contributed by atoms with Gasteiger partial charge in [-0.25, -0.2) is 0 Å². The molecule has 0 aliphatic carbocycles. The Morgan fingerprint density at radius 2 is 1.92 bits per heavy atom. The molecule has 128 valence electrons. The van der Waals surface area contributed by atoms with Gasteiger partial charge in [-0.15, -0.1) is 0 Å². The van der Waals surface area contributed by atoms with Gasteiger partial charge in [0, 0.05) is 24.0 Å². The first-order valence-electron chi connectivity index (χ1n) is 6.32. The summed E-state index contributed by atoms with van der Waals surface area (Å²) in [6.45, 7) is 0.357. The zero-order valence-electron chi connectivity index (χ0n) is 12.0. The molecule has 0 saturated carbocycles. The maximum Gasteiger partial charge on any atom is 0.430 e.